The summed E-state index contributed by atoms with van der Waals surface area (Å²) in [5, 5.41) is 0. The van der Waals surface area contributed by atoms with E-state index < -0.39 is 0 Å². The van der Waals surface area contributed by atoms with Crippen molar-refractivity contribution >= 4 is 5.97 Å². The van der Waals surface area contributed by atoms with E-state index in [9.17, 15) is 4.79 Å². The first kappa shape index (κ1) is 13.1. The van der Waals surface area contributed by atoms with E-state index in [0.29, 0.717) is 11.8 Å². The zero-order valence-corrected chi connectivity index (χ0v) is 12.6. The fourth-order valence-electron chi connectivity index (χ4n) is 5.30. The number of esters is 1. The van der Waals surface area contributed by atoms with Crippen molar-refractivity contribution in [3.05, 3.63) is 0 Å². The van der Waals surface area contributed by atoms with Gasteiger partial charge in [-0.3, -0.25) is 4.79 Å². The minimum atomic E-state index is -0.388. The van der Waals surface area contributed by atoms with E-state index in [1.807, 2.05) is 6.92 Å². The summed E-state index contributed by atoms with van der Waals surface area (Å²) in [6, 6.07) is 0. The lowest BCUT2D eigenvalue weighted by atomic mass is 9.57. The van der Waals surface area contributed by atoms with Crippen molar-refractivity contribution in [3.63, 3.8) is 0 Å². The molecular weight excluding hydrogens is 256 g/mol. The molecule has 1 spiro atoms. The van der Waals surface area contributed by atoms with Crippen molar-refractivity contribution in [2.24, 2.45) is 23.7 Å². The summed E-state index contributed by atoms with van der Waals surface area (Å²) in [5.74, 6) is 1.19. The maximum Gasteiger partial charge on any atom is 0.309 e. The smallest absolute Gasteiger partial charge is 0.309 e. The lowest BCUT2D eigenvalue weighted by molar-refractivity contribution is -0.476. The average Bonchev–Trinajstić information content (AvgIpc) is 2.63. The highest BCUT2D eigenvalue weighted by atomic mass is 17.2. The Morgan fingerprint density at radius 1 is 1.10 bits per heavy atom. The van der Waals surface area contributed by atoms with Gasteiger partial charge in [0.25, 0.3) is 0 Å². The van der Waals surface area contributed by atoms with Crippen LogP contribution in [0.4, 0.5) is 0 Å². The molecule has 3 aliphatic heterocycles. The third-order valence-corrected chi connectivity index (χ3v) is 6.50. The highest BCUT2D eigenvalue weighted by Gasteiger charge is 2.68. The minimum absolute atomic E-state index is 0.0429. The van der Waals surface area contributed by atoms with E-state index in [1.165, 1.54) is 6.42 Å². The van der Waals surface area contributed by atoms with Crippen molar-refractivity contribution in [1.29, 1.82) is 0 Å². The van der Waals surface area contributed by atoms with Gasteiger partial charge in [0.1, 0.15) is 17.3 Å². The fourth-order valence-corrected chi connectivity index (χ4v) is 5.30. The molecule has 112 valence electrons. The number of carbonyl (C=O) groups is 1. The molecule has 0 aromatic carbocycles. The molecular formula is C16H24O4. The molecule has 0 aromatic rings. The van der Waals surface area contributed by atoms with Crippen LogP contribution in [0, 0.1) is 23.7 Å². The van der Waals surface area contributed by atoms with Crippen molar-refractivity contribution in [3.8, 4) is 0 Å². The van der Waals surface area contributed by atoms with E-state index in [0.717, 1.165) is 25.7 Å². The molecule has 5 rings (SSSR count). The Morgan fingerprint density at radius 2 is 1.90 bits per heavy atom. The lowest BCUT2D eigenvalue weighted by Gasteiger charge is -2.58. The van der Waals surface area contributed by atoms with Crippen LogP contribution in [0.3, 0.4) is 0 Å². The maximum atomic E-state index is 12.2. The summed E-state index contributed by atoms with van der Waals surface area (Å²) in [6.45, 7) is 6.40. The second-order valence-electron chi connectivity index (χ2n) is 7.69. The van der Waals surface area contributed by atoms with Crippen LogP contribution < -0.4 is 0 Å². The van der Waals surface area contributed by atoms with Crippen LogP contribution in [-0.4, -0.2) is 23.3 Å². The minimum Gasteiger partial charge on any atom is -0.459 e. The molecule has 0 radical (unpaired) electrons. The van der Waals surface area contributed by atoms with Crippen LogP contribution in [0.15, 0.2) is 0 Å². The predicted octanol–water partition coefficient (Wildman–Crippen LogP) is 2.85. The first-order valence-electron chi connectivity index (χ1n) is 8.04. The first-order chi connectivity index (χ1) is 9.46. The molecule has 20 heavy (non-hydrogen) atoms. The van der Waals surface area contributed by atoms with Crippen molar-refractivity contribution in [2.45, 2.75) is 70.2 Å². The standard InChI is InChI=1S/C16H24O4/c1-9-4-5-12-10(2)14(17)18-13-8-15(3)7-6-11(9)16(12,13)20-19-15/h9-13H,4-8H2,1-3H3/t9-,10-,11?,12?,13?,15-,16-/m1/s1. The zero-order chi connectivity index (χ0) is 14.1. The van der Waals surface area contributed by atoms with E-state index in [1.54, 1.807) is 0 Å². The number of hydrogen-bond donors (Lipinski definition) is 0. The number of carbonyl (C=O) groups excluding carboxylic acids is 1. The normalized spacial score (nSPS) is 57.8. The third-order valence-electron chi connectivity index (χ3n) is 6.50. The van der Waals surface area contributed by atoms with Crippen molar-refractivity contribution in [1.82, 2.24) is 0 Å². The number of fused-ring (bicyclic) bond motifs is 2. The molecule has 3 unspecified atom stereocenters. The van der Waals surface area contributed by atoms with Gasteiger partial charge in [0.15, 0.2) is 0 Å². The molecule has 5 aliphatic rings. The van der Waals surface area contributed by atoms with Gasteiger partial charge in [-0.25, -0.2) is 9.78 Å². The van der Waals surface area contributed by atoms with Gasteiger partial charge in [-0.15, -0.1) is 0 Å². The monoisotopic (exact) mass is 280 g/mol. The molecule has 2 saturated carbocycles. The number of rotatable bonds is 0. The Hall–Kier alpha value is -0.610. The zero-order valence-electron chi connectivity index (χ0n) is 12.6. The SMILES string of the molecule is C[C@@H]1CCC2[C@@H](C)C(=O)OC3C[C@@]4(C)CCC1[C@]32OO4. The summed E-state index contributed by atoms with van der Waals surface area (Å²) >= 11 is 0. The molecule has 7 atom stereocenters. The Kier molecular flexibility index (Phi) is 2.60. The molecule has 0 aromatic heterocycles. The molecule has 0 N–H and O–H groups in total. The van der Waals surface area contributed by atoms with Gasteiger partial charge in [-0.1, -0.05) is 13.8 Å². The van der Waals surface area contributed by atoms with Gasteiger partial charge in [0, 0.05) is 12.3 Å². The van der Waals surface area contributed by atoms with Crippen molar-refractivity contribution in [2.75, 3.05) is 0 Å². The van der Waals surface area contributed by atoms with Crippen LogP contribution in [0.2, 0.25) is 0 Å². The summed E-state index contributed by atoms with van der Waals surface area (Å²) in [4.78, 5) is 24.1. The molecule has 0 amide bonds. The quantitative estimate of drug-likeness (QED) is 0.505. The van der Waals surface area contributed by atoms with E-state index >= 15 is 0 Å². The molecule has 2 bridgehead atoms. The second kappa shape index (κ2) is 3.98. The van der Waals surface area contributed by atoms with Crippen LogP contribution in [0.1, 0.15) is 52.9 Å². The van der Waals surface area contributed by atoms with E-state index in [-0.39, 0.29) is 35.1 Å². The third kappa shape index (κ3) is 1.47. The maximum absolute atomic E-state index is 12.2. The fraction of sp³-hybridized carbons (Fsp3) is 0.938. The van der Waals surface area contributed by atoms with Crippen LogP contribution in [-0.2, 0) is 19.3 Å². The number of ether oxygens (including phenoxy) is 1. The molecule has 2 aliphatic carbocycles. The van der Waals surface area contributed by atoms with Crippen LogP contribution >= 0.6 is 0 Å². The second-order valence-corrected chi connectivity index (χ2v) is 7.69. The summed E-state index contributed by atoms with van der Waals surface area (Å²) in [7, 11) is 0. The van der Waals surface area contributed by atoms with Gasteiger partial charge in [0.05, 0.1) is 5.92 Å². The van der Waals surface area contributed by atoms with E-state index in [2.05, 4.69) is 13.8 Å². The first-order valence-corrected chi connectivity index (χ1v) is 8.04. The molecule has 3 heterocycles. The Labute approximate surface area is 120 Å². The Morgan fingerprint density at radius 3 is 2.70 bits per heavy atom. The highest BCUT2D eigenvalue weighted by Crippen LogP contribution is 2.60. The summed E-state index contributed by atoms with van der Waals surface area (Å²) in [5.41, 5.74) is -0.681. The number of hydrogen-bond acceptors (Lipinski definition) is 4. The summed E-state index contributed by atoms with van der Waals surface area (Å²) in [6.07, 6.45) is 5.01. The Bertz CT molecular complexity index is 450. The van der Waals surface area contributed by atoms with Gasteiger partial charge < -0.3 is 4.74 Å². The average molecular weight is 280 g/mol. The van der Waals surface area contributed by atoms with E-state index in [4.69, 9.17) is 14.5 Å². The molecule has 4 heteroatoms. The largest absolute Gasteiger partial charge is 0.459 e. The highest BCUT2D eigenvalue weighted by molar-refractivity contribution is 5.74. The molecule has 5 fully saturated rings. The summed E-state index contributed by atoms with van der Waals surface area (Å²) < 4.78 is 5.81. The van der Waals surface area contributed by atoms with Gasteiger partial charge >= 0.3 is 5.97 Å². The Balaban J connectivity index is 1.84. The van der Waals surface area contributed by atoms with Gasteiger partial charge in [-0.2, -0.15) is 0 Å². The van der Waals surface area contributed by atoms with Gasteiger partial charge in [-0.05, 0) is 44.4 Å². The van der Waals surface area contributed by atoms with Gasteiger partial charge in [0.2, 0.25) is 0 Å². The van der Waals surface area contributed by atoms with Crippen molar-refractivity contribution < 1.29 is 19.3 Å². The topological polar surface area (TPSA) is 44.8 Å². The molecule has 3 saturated heterocycles. The molecule has 4 nitrogen and oxygen atoms in total. The van der Waals surface area contributed by atoms with Crippen LogP contribution in [0.25, 0.3) is 0 Å². The lowest BCUT2D eigenvalue weighted by Crippen LogP contribution is -2.68. The predicted molar refractivity (Wildman–Crippen MR) is 71.6 cm³/mol. The van der Waals surface area contributed by atoms with Crippen LogP contribution in [0.5, 0.6) is 0 Å².